The number of hydrogen-bond donors (Lipinski definition) is 1. The summed E-state index contributed by atoms with van der Waals surface area (Å²) < 4.78 is 0. The van der Waals surface area contributed by atoms with E-state index >= 15 is 0 Å². The Hall–Kier alpha value is -1.91. The van der Waals surface area contributed by atoms with Gasteiger partial charge in [0, 0.05) is 6.20 Å². The quantitative estimate of drug-likeness (QED) is 0.878. The topological polar surface area (TPSA) is 62.3 Å². The molecule has 2 atom stereocenters. The molecule has 1 aliphatic heterocycles. The van der Waals surface area contributed by atoms with Crippen molar-refractivity contribution in [3.8, 4) is 0 Å². The van der Waals surface area contributed by atoms with Crippen molar-refractivity contribution in [3.63, 3.8) is 0 Å². The maximum atomic E-state index is 12.1. The minimum Gasteiger partial charge on any atom is -0.345 e. The SMILES string of the molecule is CCC(C)C1C(=O)NCC(=O)N1Cc1ccccn1. The third-order valence-electron chi connectivity index (χ3n) is 3.58. The fourth-order valence-corrected chi connectivity index (χ4v) is 2.31. The van der Waals surface area contributed by atoms with Gasteiger partial charge in [0.2, 0.25) is 11.8 Å². The molecule has 0 aromatic carbocycles. The van der Waals surface area contributed by atoms with Crippen LogP contribution in [0.1, 0.15) is 26.0 Å². The minimum absolute atomic E-state index is 0.0458. The molecule has 0 saturated carbocycles. The molecule has 1 aliphatic rings. The number of carbonyl (C=O) groups excluding carboxylic acids is 2. The number of piperazine rings is 1. The largest absolute Gasteiger partial charge is 0.345 e. The Kier molecular flexibility index (Phi) is 4.14. The predicted octanol–water partition coefficient (Wildman–Crippen LogP) is 0.955. The van der Waals surface area contributed by atoms with Gasteiger partial charge in [-0.2, -0.15) is 0 Å². The average Bonchev–Trinajstić information content (AvgIpc) is 2.43. The van der Waals surface area contributed by atoms with Crippen LogP contribution in [0.2, 0.25) is 0 Å². The maximum absolute atomic E-state index is 12.1. The van der Waals surface area contributed by atoms with Crippen molar-refractivity contribution in [2.45, 2.75) is 32.9 Å². The second kappa shape index (κ2) is 5.82. The Morgan fingerprint density at radius 3 is 2.89 bits per heavy atom. The van der Waals surface area contributed by atoms with Crippen molar-refractivity contribution in [1.82, 2.24) is 15.2 Å². The lowest BCUT2D eigenvalue weighted by atomic mass is 9.95. The highest BCUT2D eigenvalue weighted by Gasteiger charge is 2.37. The standard InChI is InChI=1S/C14H19N3O2/c1-3-10(2)13-14(19)16-8-12(18)17(13)9-11-6-4-5-7-15-11/h4-7,10,13H,3,8-9H2,1-2H3,(H,16,19). The number of hydrogen-bond acceptors (Lipinski definition) is 3. The first-order chi connectivity index (χ1) is 9.13. The molecule has 1 aromatic rings. The summed E-state index contributed by atoms with van der Waals surface area (Å²) >= 11 is 0. The lowest BCUT2D eigenvalue weighted by Crippen LogP contribution is -2.60. The molecule has 1 saturated heterocycles. The summed E-state index contributed by atoms with van der Waals surface area (Å²) in [5.41, 5.74) is 0.804. The fraction of sp³-hybridized carbons (Fsp3) is 0.500. The molecular formula is C14H19N3O2. The van der Waals surface area contributed by atoms with Crippen LogP contribution in [0, 0.1) is 5.92 Å². The summed E-state index contributed by atoms with van der Waals surface area (Å²) in [6, 6.07) is 5.19. The monoisotopic (exact) mass is 261 g/mol. The molecule has 0 radical (unpaired) electrons. The van der Waals surface area contributed by atoms with Crippen LogP contribution in [0.4, 0.5) is 0 Å². The van der Waals surface area contributed by atoms with Gasteiger partial charge in [-0.15, -0.1) is 0 Å². The van der Waals surface area contributed by atoms with Crippen LogP contribution < -0.4 is 5.32 Å². The molecule has 2 unspecified atom stereocenters. The van der Waals surface area contributed by atoms with Crippen molar-refractivity contribution < 1.29 is 9.59 Å². The first kappa shape index (κ1) is 13.5. The second-order valence-corrected chi connectivity index (χ2v) is 4.89. The van der Waals surface area contributed by atoms with Crippen molar-refractivity contribution >= 4 is 11.8 Å². The lowest BCUT2D eigenvalue weighted by molar-refractivity contribution is -0.148. The van der Waals surface area contributed by atoms with Crippen LogP contribution >= 0.6 is 0 Å². The average molecular weight is 261 g/mol. The normalized spacial score (nSPS) is 21.2. The molecule has 0 aliphatic carbocycles. The van der Waals surface area contributed by atoms with Crippen LogP contribution in [-0.2, 0) is 16.1 Å². The second-order valence-electron chi connectivity index (χ2n) is 4.89. The van der Waals surface area contributed by atoms with Crippen LogP contribution in [0.25, 0.3) is 0 Å². The van der Waals surface area contributed by atoms with Gasteiger partial charge in [-0.3, -0.25) is 14.6 Å². The maximum Gasteiger partial charge on any atom is 0.243 e. The molecule has 5 heteroatoms. The van der Waals surface area contributed by atoms with Gasteiger partial charge in [0.1, 0.15) is 6.04 Å². The molecule has 2 amide bonds. The summed E-state index contributed by atoms with van der Waals surface area (Å²) in [6.45, 7) is 4.49. The zero-order valence-corrected chi connectivity index (χ0v) is 11.3. The van der Waals surface area contributed by atoms with Crippen molar-refractivity contribution in [1.29, 1.82) is 0 Å². The lowest BCUT2D eigenvalue weighted by Gasteiger charge is -2.37. The Bertz CT molecular complexity index is 461. The Balaban J connectivity index is 2.22. The molecule has 0 bridgehead atoms. The van der Waals surface area contributed by atoms with E-state index in [0.29, 0.717) is 6.54 Å². The highest BCUT2D eigenvalue weighted by atomic mass is 16.2. The van der Waals surface area contributed by atoms with Crippen LogP contribution in [0.5, 0.6) is 0 Å². The van der Waals surface area contributed by atoms with Gasteiger partial charge in [-0.05, 0) is 18.1 Å². The number of nitrogens with zero attached hydrogens (tertiary/aromatic N) is 2. The molecule has 0 spiro atoms. The smallest absolute Gasteiger partial charge is 0.243 e. The highest BCUT2D eigenvalue weighted by molar-refractivity contribution is 5.94. The molecule has 2 heterocycles. The number of aromatic nitrogens is 1. The first-order valence-corrected chi connectivity index (χ1v) is 6.60. The molecule has 1 aromatic heterocycles. The minimum atomic E-state index is -0.395. The van der Waals surface area contributed by atoms with E-state index < -0.39 is 6.04 Å². The summed E-state index contributed by atoms with van der Waals surface area (Å²) in [7, 11) is 0. The van der Waals surface area contributed by atoms with Crippen LogP contribution in [-0.4, -0.2) is 34.3 Å². The van der Waals surface area contributed by atoms with E-state index in [2.05, 4.69) is 10.3 Å². The Morgan fingerprint density at radius 1 is 1.47 bits per heavy atom. The molecule has 102 valence electrons. The Labute approximate surface area is 113 Å². The molecule has 19 heavy (non-hydrogen) atoms. The molecule has 1 fully saturated rings. The van der Waals surface area contributed by atoms with Gasteiger partial charge in [-0.25, -0.2) is 0 Å². The summed E-state index contributed by atoms with van der Waals surface area (Å²) in [5.74, 6) is 0.0217. The number of carbonyl (C=O) groups is 2. The molecule has 2 rings (SSSR count). The Morgan fingerprint density at radius 2 is 2.26 bits per heavy atom. The van der Waals surface area contributed by atoms with Gasteiger partial charge in [0.25, 0.3) is 0 Å². The zero-order valence-electron chi connectivity index (χ0n) is 11.3. The highest BCUT2D eigenvalue weighted by Crippen LogP contribution is 2.19. The van der Waals surface area contributed by atoms with Gasteiger partial charge >= 0.3 is 0 Å². The molecular weight excluding hydrogens is 242 g/mol. The third-order valence-corrected chi connectivity index (χ3v) is 3.58. The van der Waals surface area contributed by atoms with Gasteiger partial charge in [0.15, 0.2) is 0 Å². The van der Waals surface area contributed by atoms with Crippen molar-refractivity contribution in [3.05, 3.63) is 30.1 Å². The van der Waals surface area contributed by atoms with E-state index in [1.807, 2.05) is 32.0 Å². The summed E-state index contributed by atoms with van der Waals surface area (Å²) in [6.07, 6.45) is 2.55. The van der Waals surface area contributed by atoms with E-state index in [-0.39, 0.29) is 24.3 Å². The van der Waals surface area contributed by atoms with Gasteiger partial charge < -0.3 is 10.2 Å². The number of amides is 2. The fourth-order valence-electron chi connectivity index (χ4n) is 2.31. The van der Waals surface area contributed by atoms with E-state index in [0.717, 1.165) is 12.1 Å². The zero-order chi connectivity index (χ0) is 13.8. The number of rotatable bonds is 4. The first-order valence-electron chi connectivity index (χ1n) is 6.60. The number of pyridine rings is 1. The van der Waals surface area contributed by atoms with E-state index in [4.69, 9.17) is 0 Å². The number of nitrogens with one attached hydrogen (secondary N) is 1. The van der Waals surface area contributed by atoms with Crippen molar-refractivity contribution in [2.75, 3.05) is 6.54 Å². The predicted molar refractivity (Wildman–Crippen MR) is 71.0 cm³/mol. The third kappa shape index (κ3) is 2.92. The van der Waals surface area contributed by atoms with E-state index in [1.165, 1.54) is 0 Å². The summed E-state index contributed by atoms with van der Waals surface area (Å²) in [5, 5.41) is 2.66. The van der Waals surface area contributed by atoms with E-state index in [1.54, 1.807) is 11.1 Å². The van der Waals surface area contributed by atoms with Gasteiger partial charge in [0.05, 0.1) is 18.8 Å². The summed E-state index contributed by atoms with van der Waals surface area (Å²) in [4.78, 5) is 29.9. The molecule has 1 N–H and O–H groups in total. The molecule has 5 nitrogen and oxygen atoms in total. The van der Waals surface area contributed by atoms with E-state index in [9.17, 15) is 9.59 Å². The van der Waals surface area contributed by atoms with Crippen LogP contribution in [0.15, 0.2) is 24.4 Å². The van der Waals surface area contributed by atoms with Gasteiger partial charge in [-0.1, -0.05) is 26.3 Å². The van der Waals surface area contributed by atoms with Crippen molar-refractivity contribution in [2.24, 2.45) is 5.92 Å². The van der Waals surface area contributed by atoms with Crippen LogP contribution in [0.3, 0.4) is 0 Å².